The highest BCUT2D eigenvalue weighted by molar-refractivity contribution is 6.42. The van der Waals surface area contributed by atoms with Gasteiger partial charge in [0.25, 0.3) is 5.91 Å². The Labute approximate surface area is 132 Å². The second kappa shape index (κ2) is 7.20. The molecule has 0 spiro atoms. The minimum absolute atomic E-state index is 0.289. The third-order valence-corrected chi connectivity index (χ3v) is 3.56. The maximum atomic E-state index is 11.9. The van der Waals surface area contributed by atoms with E-state index in [1.54, 1.807) is 36.7 Å². The molecule has 1 aromatic carbocycles. The van der Waals surface area contributed by atoms with Gasteiger partial charge in [0.15, 0.2) is 0 Å². The topological polar surface area (TPSA) is 54.4 Å². The van der Waals surface area contributed by atoms with Crippen LogP contribution in [0.2, 0.25) is 10.0 Å². The third-order valence-electron chi connectivity index (χ3n) is 2.82. The van der Waals surface area contributed by atoms with Crippen LogP contribution in [0.15, 0.2) is 47.8 Å². The molecular weight excluding hydrogens is 309 g/mol. The number of rotatable bonds is 4. The molecule has 0 bridgehead atoms. The maximum absolute atomic E-state index is 11.9. The molecule has 1 N–H and O–H groups in total. The summed E-state index contributed by atoms with van der Waals surface area (Å²) in [6.45, 7) is 1.94. The van der Waals surface area contributed by atoms with Gasteiger partial charge in [0.1, 0.15) is 0 Å². The van der Waals surface area contributed by atoms with Gasteiger partial charge in [0, 0.05) is 18.0 Å². The highest BCUT2D eigenvalue weighted by Crippen LogP contribution is 2.23. The molecule has 0 unspecified atom stereocenters. The van der Waals surface area contributed by atoms with Crippen molar-refractivity contribution in [2.45, 2.75) is 13.3 Å². The first kappa shape index (κ1) is 15.5. The van der Waals surface area contributed by atoms with E-state index in [2.05, 4.69) is 15.5 Å². The quantitative estimate of drug-likeness (QED) is 0.685. The summed E-state index contributed by atoms with van der Waals surface area (Å²) >= 11 is 11.9. The summed E-state index contributed by atoms with van der Waals surface area (Å²) < 4.78 is 0. The number of halogens is 2. The number of hydrogen-bond acceptors (Lipinski definition) is 3. The molecule has 4 nitrogen and oxygen atoms in total. The Hall–Kier alpha value is -1.91. The molecule has 1 heterocycles. The van der Waals surface area contributed by atoms with Crippen molar-refractivity contribution in [1.29, 1.82) is 0 Å². The molecule has 6 heteroatoms. The van der Waals surface area contributed by atoms with Crippen molar-refractivity contribution < 1.29 is 4.79 Å². The molecule has 0 atom stereocenters. The molecule has 1 aromatic heterocycles. The fourth-order valence-corrected chi connectivity index (χ4v) is 2.01. The van der Waals surface area contributed by atoms with Crippen molar-refractivity contribution in [2.75, 3.05) is 0 Å². The van der Waals surface area contributed by atoms with Crippen molar-refractivity contribution in [1.82, 2.24) is 10.4 Å². The highest BCUT2D eigenvalue weighted by atomic mass is 35.5. The van der Waals surface area contributed by atoms with E-state index >= 15 is 0 Å². The minimum Gasteiger partial charge on any atom is -0.267 e. The lowest BCUT2D eigenvalue weighted by Gasteiger charge is -2.06. The fraction of sp³-hybridized carbons (Fsp3) is 0.133. The number of amides is 1. The fourth-order valence-electron chi connectivity index (χ4n) is 1.71. The van der Waals surface area contributed by atoms with Gasteiger partial charge >= 0.3 is 0 Å². The second-order valence-electron chi connectivity index (χ2n) is 4.22. The molecule has 0 aliphatic rings. The number of nitrogens with zero attached hydrogens (tertiary/aromatic N) is 2. The van der Waals surface area contributed by atoms with E-state index in [9.17, 15) is 4.79 Å². The van der Waals surface area contributed by atoms with Crippen LogP contribution in [0.25, 0.3) is 0 Å². The lowest BCUT2D eigenvalue weighted by Crippen LogP contribution is -2.20. The first-order valence-electron chi connectivity index (χ1n) is 6.34. The minimum atomic E-state index is -0.289. The number of carbonyl (C=O) groups is 1. The van der Waals surface area contributed by atoms with Crippen molar-refractivity contribution in [2.24, 2.45) is 5.10 Å². The molecule has 0 aliphatic heterocycles. The van der Waals surface area contributed by atoms with E-state index in [4.69, 9.17) is 23.2 Å². The summed E-state index contributed by atoms with van der Waals surface area (Å²) in [5, 5.41) is 5.09. The molecule has 2 aromatic rings. The van der Waals surface area contributed by atoms with Crippen molar-refractivity contribution in [3.8, 4) is 0 Å². The predicted octanol–water partition coefficient (Wildman–Crippen LogP) is 3.93. The zero-order valence-electron chi connectivity index (χ0n) is 11.3. The summed E-state index contributed by atoms with van der Waals surface area (Å²) in [7, 11) is 0. The SMILES string of the molecule is CC/C(=N\NC(=O)c1ccncc1)c1ccc(Cl)c(Cl)c1. The molecule has 1 amide bonds. The van der Waals surface area contributed by atoms with E-state index in [1.165, 1.54) is 0 Å². The average molecular weight is 322 g/mol. The molecule has 108 valence electrons. The van der Waals surface area contributed by atoms with Crippen LogP contribution in [0.3, 0.4) is 0 Å². The van der Waals surface area contributed by atoms with Gasteiger partial charge in [-0.25, -0.2) is 5.43 Å². The smallest absolute Gasteiger partial charge is 0.267 e. The van der Waals surface area contributed by atoms with Gasteiger partial charge in [-0.3, -0.25) is 9.78 Å². The number of hydrazone groups is 1. The van der Waals surface area contributed by atoms with Gasteiger partial charge in [0.2, 0.25) is 0 Å². The molecule has 21 heavy (non-hydrogen) atoms. The average Bonchev–Trinajstić information content (AvgIpc) is 2.52. The largest absolute Gasteiger partial charge is 0.271 e. The van der Waals surface area contributed by atoms with Gasteiger partial charge in [-0.15, -0.1) is 0 Å². The Kier molecular flexibility index (Phi) is 5.31. The normalized spacial score (nSPS) is 11.3. The summed E-state index contributed by atoms with van der Waals surface area (Å²) in [5.74, 6) is -0.289. The van der Waals surface area contributed by atoms with Crippen LogP contribution in [-0.4, -0.2) is 16.6 Å². The molecule has 0 aliphatic carbocycles. The van der Waals surface area contributed by atoms with Crippen molar-refractivity contribution in [3.63, 3.8) is 0 Å². The zero-order valence-corrected chi connectivity index (χ0v) is 12.8. The first-order valence-corrected chi connectivity index (χ1v) is 7.09. The molecule has 0 fully saturated rings. The number of nitrogens with one attached hydrogen (secondary N) is 1. The van der Waals surface area contributed by atoms with Gasteiger partial charge < -0.3 is 0 Å². The number of hydrogen-bond donors (Lipinski definition) is 1. The number of aromatic nitrogens is 1. The van der Waals surface area contributed by atoms with Crippen LogP contribution in [0.1, 0.15) is 29.3 Å². The van der Waals surface area contributed by atoms with Gasteiger partial charge in [-0.05, 0) is 36.2 Å². The monoisotopic (exact) mass is 321 g/mol. The Bertz CT molecular complexity index is 672. The zero-order chi connectivity index (χ0) is 15.2. The van der Waals surface area contributed by atoms with E-state index < -0.39 is 0 Å². The second-order valence-corrected chi connectivity index (χ2v) is 5.03. The van der Waals surface area contributed by atoms with Crippen LogP contribution in [0.5, 0.6) is 0 Å². The number of benzene rings is 1. The Morgan fingerprint density at radius 1 is 1.14 bits per heavy atom. The predicted molar refractivity (Wildman–Crippen MR) is 85.0 cm³/mol. The van der Waals surface area contributed by atoms with E-state index in [1.807, 2.05) is 13.0 Å². The molecular formula is C15H13Cl2N3O. The van der Waals surface area contributed by atoms with Crippen LogP contribution < -0.4 is 5.43 Å². The number of carbonyl (C=O) groups excluding carboxylic acids is 1. The van der Waals surface area contributed by atoms with Gasteiger partial charge in [-0.1, -0.05) is 36.2 Å². The molecule has 2 rings (SSSR count). The Morgan fingerprint density at radius 2 is 1.86 bits per heavy atom. The molecule has 0 radical (unpaired) electrons. The molecule has 0 saturated heterocycles. The van der Waals surface area contributed by atoms with Crippen molar-refractivity contribution >= 4 is 34.8 Å². The third kappa shape index (κ3) is 4.03. The van der Waals surface area contributed by atoms with E-state index in [-0.39, 0.29) is 5.91 Å². The van der Waals surface area contributed by atoms with Crippen molar-refractivity contribution in [3.05, 3.63) is 63.9 Å². The van der Waals surface area contributed by atoms with Crippen LogP contribution >= 0.6 is 23.2 Å². The summed E-state index contributed by atoms with van der Waals surface area (Å²) in [6.07, 6.45) is 3.76. The van der Waals surface area contributed by atoms with Gasteiger partial charge in [0.05, 0.1) is 15.8 Å². The lowest BCUT2D eigenvalue weighted by atomic mass is 10.1. The highest BCUT2D eigenvalue weighted by Gasteiger charge is 2.07. The van der Waals surface area contributed by atoms with Crippen LogP contribution in [-0.2, 0) is 0 Å². The van der Waals surface area contributed by atoms with E-state index in [0.29, 0.717) is 22.0 Å². The molecule has 0 saturated carbocycles. The van der Waals surface area contributed by atoms with Crippen LogP contribution in [0, 0.1) is 0 Å². The Balaban J connectivity index is 2.17. The summed E-state index contributed by atoms with van der Waals surface area (Å²) in [6, 6.07) is 8.49. The Morgan fingerprint density at radius 3 is 2.48 bits per heavy atom. The summed E-state index contributed by atoms with van der Waals surface area (Å²) in [5.41, 5.74) is 4.57. The maximum Gasteiger partial charge on any atom is 0.271 e. The standard InChI is InChI=1S/C15H13Cl2N3O/c1-2-14(11-3-4-12(16)13(17)9-11)19-20-15(21)10-5-7-18-8-6-10/h3-9H,2H2,1H3,(H,20,21)/b19-14+. The first-order chi connectivity index (χ1) is 10.1. The van der Waals surface area contributed by atoms with E-state index in [0.717, 1.165) is 11.3 Å². The summed E-state index contributed by atoms with van der Waals surface area (Å²) in [4.78, 5) is 15.8. The van der Waals surface area contributed by atoms with Crippen LogP contribution in [0.4, 0.5) is 0 Å². The number of pyridine rings is 1. The van der Waals surface area contributed by atoms with Gasteiger partial charge in [-0.2, -0.15) is 5.10 Å². The lowest BCUT2D eigenvalue weighted by molar-refractivity contribution is 0.0954.